The first kappa shape index (κ1) is 18.5. The van der Waals surface area contributed by atoms with E-state index in [-0.39, 0.29) is 23.1 Å². The average Bonchev–Trinajstić information content (AvgIpc) is 3.41. The Bertz CT molecular complexity index is 1160. The predicted molar refractivity (Wildman–Crippen MR) is 122 cm³/mol. The molecule has 144 valence electrons. The molecule has 0 amide bonds. The maximum atomic E-state index is 12.9. The van der Waals surface area contributed by atoms with E-state index in [9.17, 15) is 19.2 Å². The first-order chi connectivity index (χ1) is 14.5. The number of hydrogen-bond acceptors (Lipinski definition) is 8. The molecule has 0 saturated carbocycles. The molecule has 0 aromatic heterocycles. The molecular weight excluding hydrogens is 457 g/mol. The van der Waals surface area contributed by atoms with Crippen molar-refractivity contribution in [3.05, 3.63) is 98.9 Å². The van der Waals surface area contributed by atoms with Gasteiger partial charge in [-0.25, -0.2) is 0 Å². The molecule has 6 rings (SSSR count). The molecule has 2 heterocycles. The standard InChI is InChI=1S/C22H8O4S4/c23-13-9-5-1-2-6-10(9)14(24)18-17(13)27-21(28-18)22-29-19-15(25)11-7-3-4-8-12(11)16(26)20(19)30-22/h1-8H. The van der Waals surface area contributed by atoms with Gasteiger partial charge >= 0.3 is 0 Å². The fourth-order valence-corrected chi connectivity index (χ4v) is 9.07. The van der Waals surface area contributed by atoms with Crippen molar-refractivity contribution in [2.75, 3.05) is 0 Å². The van der Waals surface area contributed by atoms with Gasteiger partial charge in [0.1, 0.15) is 0 Å². The minimum Gasteiger partial charge on any atom is -0.288 e. The van der Waals surface area contributed by atoms with Gasteiger partial charge in [0.15, 0.2) is 0 Å². The Hall–Kier alpha value is -2.26. The van der Waals surface area contributed by atoms with Gasteiger partial charge in [-0.15, -0.1) is 0 Å². The zero-order chi connectivity index (χ0) is 20.6. The second-order valence-electron chi connectivity index (χ2n) is 6.71. The summed E-state index contributed by atoms with van der Waals surface area (Å²) in [6.07, 6.45) is 0. The number of hydrogen-bond donors (Lipinski definition) is 0. The molecule has 30 heavy (non-hydrogen) atoms. The van der Waals surface area contributed by atoms with Crippen LogP contribution in [0.3, 0.4) is 0 Å². The molecule has 0 N–H and O–H groups in total. The number of ketones is 4. The molecular formula is C22H8O4S4. The van der Waals surface area contributed by atoms with Crippen LogP contribution in [0, 0.1) is 0 Å². The highest BCUT2D eigenvalue weighted by Crippen LogP contribution is 2.62. The molecule has 0 saturated heterocycles. The van der Waals surface area contributed by atoms with E-state index in [2.05, 4.69) is 0 Å². The number of fused-ring (bicyclic) bond motifs is 2. The van der Waals surface area contributed by atoms with Gasteiger partial charge in [-0.3, -0.25) is 19.2 Å². The minimum atomic E-state index is -0.154. The third-order valence-electron chi connectivity index (χ3n) is 5.02. The van der Waals surface area contributed by atoms with Gasteiger partial charge in [-0.05, 0) is 0 Å². The molecule has 4 aliphatic rings. The largest absolute Gasteiger partial charge is 0.288 e. The predicted octanol–water partition coefficient (Wildman–Crippen LogP) is 5.65. The molecule has 0 radical (unpaired) electrons. The fraction of sp³-hybridized carbons (Fsp3) is 0. The summed E-state index contributed by atoms with van der Waals surface area (Å²) >= 11 is 5.04. The minimum absolute atomic E-state index is 0.154. The van der Waals surface area contributed by atoms with Crippen LogP contribution in [0.15, 0.2) is 76.6 Å². The van der Waals surface area contributed by atoms with Gasteiger partial charge in [-0.1, -0.05) is 95.6 Å². The quantitative estimate of drug-likeness (QED) is 0.495. The van der Waals surface area contributed by atoms with Gasteiger partial charge in [0, 0.05) is 22.3 Å². The Kier molecular flexibility index (Phi) is 4.08. The third-order valence-corrected chi connectivity index (χ3v) is 10.7. The Morgan fingerprint density at radius 2 is 0.633 bits per heavy atom. The maximum absolute atomic E-state index is 12.9. The second-order valence-corrected chi connectivity index (χ2v) is 11.3. The first-order valence-corrected chi connectivity index (χ1v) is 12.1. The van der Waals surface area contributed by atoms with Crippen molar-refractivity contribution in [1.29, 1.82) is 0 Å². The van der Waals surface area contributed by atoms with Crippen molar-refractivity contribution in [2.24, 2.45) is 0 Å². The fourth-order valence-electron chi connectivity index (χ4n) is 3.61. The van der Waals surface area contributed by atoms with Gasteiger partial charge in [0.25, 0.3) is 0 Å². The molecule has 8 heteroatoms. The van der Waals surface area contributed by atoms with E-state index in [0.29, 0.717) is 41.9 Å². The molecule has 2 aromatic rings. The highest BCUT2D eigenvalue weighted by Gasteiger charge is 2.43. The SMILES string of the molecule is O=C1C2=C(SC(=C3SC4=C(S3)C(=O)c3ccccc3C4=O)S2)C(=O)c2ccccc21. The van der Waals surface area contributed by atoms with Crippen molar-refractivity contribution < 1.29 is 19.2 Å². The molecule has 0 atom stereocenters. The summed E-state index contributed by atoms with van der Waals surface area (Å²) in [7, 11) is 0. The van der Waals surface area contributed by atoms with Gasteiger partial charge in [0.2, 0.25) is 23.1 Å². The van der Waals surface area contributed by atoms with Crippen LogP contribution in [0.2, 0.25) is 0 Å². The van der Waals surface area contributed by atoms with Crippen molar-refractivity contribution in [2.45, 2.75) is 0 Å². The zero-order valence-electron chi connectivity index (χ0n) is 14.9. The van der Waals surface area contributed by atoms with Crippen LogP contribution in [0.25, 0.3) is 0 Å². The molecule has 2 aliphatic heterocycles. The van der Waals surface area contributed by atoms with Gasteiger partial charge in [-0.2, -0.15) is 0 Å². The highest BCUT2D eigenvalue weighted by molar-refractivity contribution is 8.35. The zero-order valence-corrected chi connectivity index (χ0v) is 18.2. The maximum Gasteiger partial charge on any atom is 0.201 e. The van der Waals surface area contributed by atoms with E-state index in [1.165, 1.54) is 47.0 Å². The number of allylic oxidation sites excluding steroid dienone is 4. The molecule has 0 spiro atoms. The number of rotatable bonds is 0. The van der Waals surface area contributed by atoms with Crippen molar-refractivity contribution >= 4 is 70.2 Å². The molecule has 2 aliphatic carbocycles. The normalized spacial score (nSPS) is 20.0. The Morgan fingerprint density at radius 1 is 0.400 bits per heavy atom. The number of carbonyl (C=O) groups is 4. The van der Waals surface area contributed by atoms with Crippen molar-refractivity contribution in [3.8, 4) is 0 Å². The summed E-state index contributed by atoms with van der Waals surface area (Å²) in [5, 5.41) is 0. The monoisotopic (exact) mass is 464 g/mol. The summed E-state index contributed by atoms with van der Waals surface area (Å²) in [5.41, 5.74) is 1.69. The summed E-state index contributed by atoms with van der Waals surface area (Å²) in [5.74, 6) is -0.616. The lowest BCUT2D eigenvalue weighted by molar-refractivity contribution is 0.0988. The Morgan fingerprint density at radius 3 is 0.867 bits per heavy atom. The lowest BCUT2D eigenvalue weighted by Crippen LogP contribution is -2.17. The highest BCUT2D eigenvalue weighted by atomic mass is 32.2. The molecule has 0 bridgehead atoms. The topological polar surface area (TPSA) is 68.3 Å². The van der Waals surface area contributed by atoms with E-state index in [4.69, 9.17) is 0 Å². The van der Waals surface area contributed by atoms with Gasteiger partial charge < -0.3 is 0 Å². The number of thioether (sulfide) groups is 4. The summed E-state index contributed by atoms with van der Waals surface area (Å²) in [4.78, 5) is 53.4. The number of carbonyl (C=O) groups excluding carboxylic acids is 4. The average molecular weight is 465 g/mol. The molecule has 4 nitrogen and oxygen atoms in total. The number of benzene rings is 2. The van der Waals surface area contributed by atoms with E-state index < -0.39 is 0 Å². The van der Waals surface area contributed by atoms with Crippen LogP contribution in [0.4, 0.5) is 0 Å². The third kappa shape index (κ3) is 2.48. The molecule has 0 unspecified atom stereocenters. The first-order valence-electron chi connectivity index (χ1n) is 8.85. The van der Waals surface area contributed by atoms with E-state index in [0.717, 1.165) is 8.47 Å². The second kappa shape index (κ2) is 6.62. The molecule has 0 fully saturated rings. The Labute approximate surface area is 187 Å². The van der Waals surface area contributed by atoms with Crippen LogP contribution < -0.4 is 0 Å². The van der Waals surface area contributed by atoms with Crippen molar-refractivity contribution in [3.63, 3.8) is 0 Å². The van der Waals surface area contributed by atoms with E-state index >= 15 is 0 Å². The van der Waals surface area contributed by atoms with E-state index in [1.807, 2.05) is 0 Å². The van der Waals surface area contributed by atoms with Crippen molar-refractivity contribution in [1.82, 2.24) is 0 Å². The molecule has 2 aromatic carbocycles. The Balaban J connectivity index is 1.36. The van der Waals surface area contributed by atoms with Gasteiger partial charge in [0.05, 0.1) is 28.1 Å². The lowest BCUT2D eigenvalue weighted by Gasteiger charge is -2.13. The lowest BCUT2D eigenvalue weighted by atomic mass is 9.94. The smallest absolute Gasteiger partial charge is 0.201 e. The van der Waals surface area contributed by atoms with Crippen LogP contribution in [-0.4, -0.2) is 23.1 Å². The van der Waals surface area contributed by atoms with Crippen LogP contribution in [0.5, 0.6) is 0 Å². The number of Topliss-reactive ketones (excluding diaryl/α,β-unsaturated/α-hetero) is 4. The summed E-state index contributed by atoms with van der Waals surface area (Å²) < 4.78 is 1.53. The summed E-state index contributed by atoms with van der Waals surface area (Å²) in [6.45, 7) is 0. The van der Waals surface area contributed by atoms with E-state index in [1.54, 1.807) is 48.5 Å². The van der Waals surface area contributed by atoms with Crippen LogP contribution >= 0.6 is 47.0 Å². The van der Waals surface area contributed by atoms with Crippen LogP contribution in [0.1, 0.15) is 41.4 Å². The van der Waals surface area contributed by atoms with Crippen LogP contribution in [-0.2, 0) is 0 Å². The summed E-state index contributed by atoms with van der Waals surface area (Å²) in [6, 6.07) is 13.7.